The molecule has 6 heteroatoms. The summed E-state index contributed by atoms with van der Waals surface area (Å²) < 4.78 is 1.61. The first-order valence-electron chi connectivity index (χ1n) is 6.39. The summed E-state index contributed by atoms with van der Waals surface area (Å²) in [6, 6.07) is 1.98. The molecule has 18 heavy (non-hydrogen) atoms. The highest BCUT2D eigenvalue weighted by atomic mass is 16.3. The highest BCUT2D eigenvalue weighted by molar-refractivity contribution is 5.64. The number of nitrogens with one attached hydrogen (secondary N) is 1. The third-order valence-electron chi connectivity index (χ3n) is 3.36. The monoisotopic (exact) mass is 249 g/mol. The topological polar surface area (TPSA) is 99.9 Å². The summed E-state index contributed by atoms with van der Waals surface area (Å²) in [5.41, 5.74) is 6.33. The zero-order chi connectivity index (χ0) is 13.1. The summed E-state index contributed by atoms with van der Waals surface area (Å²) in [7, 11) is 0. The number of aliphatic hydroxyl groups is 1. The van der Waals surface area contributed by atoms with E-state index in [-0.39, 0.29) is 6.04 Å². The van der Waals surface area contributed by atoms with E-state index in [1.54, 1.807) is 4.68 Å². The first-order valence-corrected chi connectivity index (χ1v) is 6.39. The number of nitrogens with two attached hydrogens (primary N) is 1. The van der Waals surface area contributed by atoms with Crippen LogP contribution in [-0.4, -0.2) is 27.5 Å². The van der Waals surface area contributed by atoms with Gasteiger partial charge in [0.15, 0.2) is 5.82 Å². The molecule has 0 amide bonds. The molecule has 1 saturated carbocycles. The van der Waals surface area contributed by atoms with Crippen molar-refractivity contribution in [3.8, 4) is 6.07 Å². The molecule has 0 saturated heterocycles. The second kappa shape index (κ2) is 5.27. The van der Waals surface area contributed by atoms with Gasteiger partial charge in [-0.25, -0.2) is 4.68 Å². The van der Waals surface area contributed by atoms with E-state index in [1.165, 1.54) is 0 Å². The third kappa shape index (κ3) is 2.14. The highest BCUT2D eigenvalue weighted by Crippen LogP contribution is 2.34. The van der Waals surface area contributed by atoms with Gasteiger partial charge in [0, 0.05) is 6.54 Å². The average molecular weight is 249 g/mol. The Hall–Kier alpha value is -1.74. The Kier molecular flexibility index (Phi) is 3.72. The van der Waals surface area contributed by atoms with Crippen LogP contribution in [0.25, 0.3) is 0 Å². The molecule has 1 aromatic rings. The van der Waals surface area contributed by atoms with Crippen molar-refractivity contribution < 1.29 is 5.11 Å². The van der Waals surface area contributed by atoms with Gasteiger partial charge in [-0.15, -0.1) is 0 Å². The molecular formula is C12H19N5O. The van der Waals surface area contributed by atoms with Gasteiger partial charge in [-0.3, -0.25) is 0 Å². The molecule has 0 aliphatic heterocycles. The fourth-order valence-electron chi connectivity index (χ4n) is 2.38. The highest BCUT2D eigenvalue weighted by Gasteiger charge is 2.30. The molecule has 98 valence electrons. The van der Waals surface area contributed by atoms with Crippen LogP contribution in [-0.2, 0) is 0 Å². The Morgan fingerprint density at radius 3 is 2.94 bits per heavy atom. The summed E-state index contributed by atoms with van der Waals surface area (Å²) in [6.07, 6.45) is 3.11. The van der Waals surface area contributed by atoms with E-state index < -0.39 is 6.10 Å². The Morgan fingerprint density at radius 2 is 2.39 bits per heavy atom. The molecule has 2 atom stereocenters. The van der Waals surface area contributed by atoms with Crippen LogP contribution >= 0.6 is 0 Å². The van der Waals surface area contributed by atoms with Gasteiger partial charge in [0.05, 0.1) is 12.1 Å². The van der Waals surface area contributed by atoms with E-state index in [0.717, 1.165) is 32.2 Å². The Morgan fingerprint density at radius 1 is 1.61 bits per heavy atom. The molecular weight excluding hydrogens is 230 g/mol. The summed E-state index contributed by atoms with van der Waals surface area (Å²) in [5.74, 6) is 0.873. The third-order valence-corrected chi connectivity index (χ3v) is 3.36. The first kappa shape index (κ1) is 12.7. The molecule has 4 N–H and O–H groups in total. The van der Waals surface area contributed by atoms with E-state index in [9.17, 15) is 5.11 Å². The molecule has 6 nitrogen and oxygen atoms in total. The van der Waals surface area contributed by atoms with E-state index in [1.807, 2.05) is 6.92 Å². The van der Waals surface area contributed by atoms with Gasteiger partial charge in [0.1, 0.15) is 17.5 Å². The largest absolute Gasteiger partial charge is 0.391 e. The minimum atomic E-state index is -0.419. The summed E-state index contributed by atoms with van der Waals surface area (Å²) in [6.45, 7) is 2.79. The lowest BCUT2D eigenvalue weighted by Crippen LogP contribution is -2.21. The number of anilines is 2. The molecule has 0 aromatic carbocycles. The summed E-state index contributed by atoms with van der Waals surface area (Å²) in [5, 5.41) is 26.5. The van der Waals surface area contributed by atoms with Gasteiger partial charge >= 0.3 is 0 Å². The van der Waals surface area contributed by atoms with Crippen molar-refractivity contribution >= 4 is 11.6 Å². The number of aliphatic hydroxyl groups excluding tert-OH is 1. The van der Waals surface area contributed by atoms with Crippen LogP contribution in [0.3, 0.4) is 0 Å². The maximum atomic E-state index is 9.90. The number of rotatable bonds is 4. The van der Waals surface area contributed by atoms with E-state index in [0.29, 0.717) is 17.2 Å². The van der Waals surface area contributed by atoms with Crippen molar-refractivity contribution in [2.24, 2.45) is 0 Å². The van der Waals surface area contributed by atoms with Crippen LogP contribution in [0.2, 0.25) is 0 Å². The van der Waals surface area contributed by atoms with Gasteiger partial charge in [0.25, 0.3) is 0 Å². The van der Waals surface area contributed by atoms with Crippen molar-refractivity contribution in [2.75, 3.05) is 17.6 Å². The summed E-state index contributed by atoms with van der Waals surface area (Å²) in [4.78, 5) is 0. The summed E-state index contributed by atoms with van der Waals surface area (Å²) >= 11 is 0. The zero-order valence-electron chi connectivity index (χ0n) is 10.6. The first-order chi connectivity index (χ1) is 8.69. The van der Waals surface area contributed by atoms with Gasteiger partial charge in [-0.1, -0.05) is 6.92 Å². The molecule has 1 aliphatic rings. The maximum absolute atomic E-state index is 9.90. The van der Waals surface area contributed by atoms with Crippen LogP contribution in [0, 0.1) is 11.3 Å². The van der Waals surface area contributed by atoms with Crippen molar-refractivity contribution in [1.29, 1.82) is 5.26 Å². The Bertz CT molecular complexity index is 462. The van der Waals surface area contributed by atoms with Gasteiger partial charge < -0.3 is 16.2 Å². The molecule has 0 spiro atoms. The number of nitrogen functional groups attached to an aromatic ring is 1. The fraction of sp³-hybridized carbons (Fsp3) is 0.667. The molecule has 2 unspecified atom stereocenters. The number of nitriles is 1. The van der Waals surface area contributed by atoms with E-state index in [4.69, 9.17) is 11.0 Å². The smallest absolute Gasteiger partial charge is 0.168 e. The predicted molar refractivity (Wildman–Crippen MR) is 69.0 cm³/mol. The normalized spacial score (nSPS) is 22.9. The van der Waals surface area contributed by atoms with Gasteiger partial charge in [-0.05, 0) is 25.7 Å². The van der Waals surface area contributed by atoms with Crippen LogP contribution in [0.15, 0.2) is 0 Å². The second-order valence-electron chi connectivity index (χ2n) is 4.66. The predicted octanol–water partition coefficient (Wildman–Crippen LogP) is 1.24. The number of hydrogen-bond acceptors (Lipinski definition) is 5. The quantitative estimate of drug-likeness (QED) is 0.745. The van der Waals surface area contributed by atoms with Crippen LogP contribution < -0.4 is 11.1 Å². The Balaban J connectivity index is 2.31. The fourth-order valence-corrected chi connectivity index (χ4v) is 2.38. The molecule has 1 heterocycles. The lowest BCUT2D eigenvalue weighted by atomic mass is 10.2. The van der Waals surface area contributed by atoms with Crippen LogP contribution in [0.1, 0.15) is 44.2 Å². The second-order valence-corrected chi connectivity index (χ2v) is 4.66. The van der Waals surface area contributed by atoms with Crippen molar-refractivity contribution in [1.82, 2.24) is 9.78 Å². The minimum Gasteiger partial charge on any atom is -0.391 e. The molecule has 0 bridgehead atoms. The minimum absolute atomic E-state index is 0.103. The van der Waals surface area contributed by atoms with Crippen molar-refractivity contribution in [3.05, 3.63) is 5.56 Å². The lowest BCUT2D eigenvalue weighted by Gasteiger charge is -2.16. The van der Waals surface area contributed by atoms with Crippen molar-refractivity contribution in [2.45, 2.75) is 44.8 Å². The zero-order valence-corrected chi connectivity index (χ0v) is 10.6. The SMILES string of the molecule is CCCNc1nn(C2CCCC2O)c(N)c1C#N. The van der Waals surface area contributed by atoms with E-state index >= 15 is 0 Å². The number of nitrogens with zero attached hydrogens (tertiary/aromatic N) is 3. The molecule has 0 radical (unpaired) electrons. The molecule has 1 fully saturated rings. The number of hydrogen-bond donors (Lipinski definition) is 3. The van der Waals surface area contributed by atoms with Crippen LogP contribution in [0.4, 0.5) is 11.6 Å². The van der Waals surface area contributed by atoms with Gasteiger partial charge in [0.2, 0.25) is 0 Å². The lowest BCUT2D eigenvalue weighted by molar-refractivity contribution is 0.131. The molecule has 2 rings (SSSR count). The van der Waals surface area contributed by atoms with Crippen LogP contribution in [0.5, 0.6) is 0 Å². The van der Waals surface area contributed by atoms with E-state index in [2.05, 4.69) is 16.5 Å². The number of aromatic nitrogens is 2. The molecule has 1 aliphatic carbocycles. The van der Waals surface area contributed by atoms with Gasteiger partial charge in [-0.2, -0.15) is 10.4 Å². The standard InChI is InChI=1S/C12H19N5O/c1-2-6-15-12-8(7-13)11(14)17(16-12)9-4-3-5-10(9)18/h9-10,18H,2-6,14H2,1H3,(H,15,16). The molecule has 1 aromatic heterocycles. The van der Waals surface area contributed by atoms with Crippen molar-refractivity contribution in [3.63, 3.8) is 0 Å². The average Bonchev–Trinajstić information content (AvgIpc) is 2.90. The Labute approximate surface area is 106 Å². The maximum Gasteiger partial charge on any atom is 0.168 e.